The summed E-state index contributed by atoms with van der Waals surface area (Å²) < 4.78 is 1.85. The van der Waals surface area contributed by atoms with Gasteiger partial charge in [-0.2, -0.15) is 5.10 Å². The van der Waals surface area contributed by atoms with Gasteiger partial charge in [0.25, 0.3) is 0 Å². The molecular formula is C15H21N3. The summed E-state index contributed by atoms with van der Waals surface area (Å²) in [5.74, 6) is 0. The summed E-state index contributed by atoms with van der Waals surface area (Å²) >= 11 is 0. The Morgan fingerprint density at radius 3 is 2.72 bits per heavy atom. The van der Waals surface area contributed by atoms with Crippen molar-refractivity contribution in [3.05, 3.63) is 53.3 Å². The maximum Gasteiger partial charge on any atom is 0.0839 e. The molecule has 2 rings (SSSR count). The molecule has 0 amide bonds. The largest absolute Gasteiger partial charge is 0.305 e. The quantitative estimate of drug-likeness (QED) is 0.875. The van der Waals surface area contributed by atoms with Crippen LogP contribution in [0.2, 0.25) is 0 Å². The molecule has 0 bridgehead atoms. The predicted molar refractivity (Wildman–Crippen MR) is 74.5 cm³/mol. The number of hydrogen-bond donors (Lipinski definition) is 1. The van der Waals surface area contributed by atoms with Crippen molar-refractivity contribution in [2.24, 2.45) is 7.05 Å². The topological polar surface area (TPSA) is 29.9 Å². The van der Waals surface area contributed by atoms with Crippen molar-refractivity contribution in [2.45, 2.75) is 26.3 Å². The zero-order valence-corrected chi connectivity index (χ0v) is 11.4. The van der Waals surface area contributed by atoms with E-state index in [1.54, 1.807) is 0 Å². The Morgan fingerprint density at radius 2 is 2.11 bits per heavy atom. The van der Waals surface area contributed by atoms with Crippen LogP contribution in [-0.4, -0.2) is 16.3 Å². The van der Waals surface area contributed by atoms with Crippen molar-refractivity contribution >= 4 is 0 Å². The molecule has 3 nitrogen and oxygen atoms in total. The number of rotatable bonds is 5. The highest BCUT2D eigenvalue weighted by atomic mass is 15.3. The third-order valence-corrected chi connectivity index (χ3v) is 3.13. The van der Waals surface area contributed by atoms with Gasteiger partial charge in [-0.3, -0.25) is 4.68 Å². The molecule has 0 aliphatic rings. The molecule has 0 saturated heterocycles. The van der Waals surface area contributed by atoms with Crippen LogP contribution in [0, 0.1) is 0 Å². The van der Waals surface area contributed by atoms with Crippen LogP contribution >= 0.6 is 0 Å². The van der Waals surface area contributed by atoms with E-state index < -0.39 is 0 Å². The molecule has 1 heterocycles. The van der Waals surface area contributed by atoms with Crippen LogP contribution < -0.4 is 5.32 Å². The molecule has 96 valence electrons. The molecule has 1 aromatic carbocycles. The molecule has 0 aliphatic carbocycles. The van der Waals surface area contributed by atoms with E-state index in [-0.39, 0.29) is 6.04 Å². The summed E-state index contributed by atoms with van der Waals surface area (Å²) in [7, 11) is 1.95. The highest BCUT2D eigenvalue weighted by Crippen LogP contribution is 2.21. The van der Waals surface area contributed by atoms with E-state index in [4.69, 9.17) is 0 Å². The molecule has 0 aliphatic heterocycles. The maximum absolute atomic E-state index is 4.52. The number of benzene rings is 1. The molecule has 1 unspecified atom stereocenters. The minimum Gasteiger partial charge on any atom is -0.305 e. The van der Waals surface area contributed by atoms with Gasteiger partial charge >= 0.3 is 0 Å². The fraction of sp³-hybridized carbons (Fsp3) is 0.400. The molecule has 18 heavy (non-hydrogen) atoms. The summed E-state index contributed by atoms with van der Waals surface area (Å²) in [5, 5.41) is 8.02. The molecule has 1 N–H and O–H groups in total. The summed E-state index contributed by atoms with van der Waals surface area (Å²) in [6.07, 6.45) is 3.05. The Hall–Kier alpha value is -1.61. The Balaban J connectivity index is 2.34. The van der Waals surface area contributed by atoms with Gasteiger partial charge in [0.15, 0.2) is 0 Å². The first-order valence-corrected chi connectivity index (χ1v) is 6.56. The molecule has 2 aromatic rings. The molecule has 0 fully saturated rings. The second-order valence-corrected chi connectivity index (χ2v) is 4.50. The second-order valence-electron chi connectivity index (χ2n) is 4.50. The van der Waals surface area contributed by atoms with Crippen molar-refractivity contribution in [3.63, 3.8) is 0 Å². The van der Waals surface area contributed by atoms with E-state index in [2.05, 4.69) is 54.6 Å². The van der Waals surface area contributed by atoms with Crippen molar-refractivity contribution in [1.82, 2.24) is 15.1 Å². The highest BCUT2D eigenvalue weighted by molar-refractivity contribution is 5.31. The molecule has 1 aromatic heterocycles. The van der Waals surface area contributed by atoms with Gasteiger partial charge in [-0.1, -0.05) is 38.1 Å². The lowest BCUT2D eigenvalue weighted by Gasteiger charge is -2.17. The molecule has 0 radical (unpaired) electrons. The minimum atomic E-state index is 0.183. The van der Waals surface area contributed by atoms with E-state index >= 15 is 0 Å². The fourth-order valence-electron chi connectivity index (χ4n) is 2.18. The lowest BCUT2D eigenvalue weighted by molar-refractivity contribution is 0.599. The lowest BCUT2D eigenvalue weighted by atomic mass is 10.0. The van der Waals surface area contributed by atoms with Gasteiger partial charge in [-0.15, -0.1) is 0 Å². The minimum absolute atomic E-state index is 0.183. The van der Waals surface area contributed by atoms with Gasteiger partial charge < -0.3 is 5.32 Å². The Kier molecular flexibility index (Phi) is 4.15. The molecule has 0 spiro atoms. The van der Waals surface area contributed by atoms with E-state index in [0.29, 0.717) is 0 Å². The number of nitrogens with one attached hydrogen (secondary N) is 1. The normalized spacial score (nSPS) is 12.6. The molecular weight excluding hydrogens is 222 g/mol. The van der Waals surface area contributed by atoms with Gasteiger partial charge in [0.1, 0.15) is 0 Å². The van der Waals surface area contributed by atoms with Crippen LogP contribution in [0.3, 0.4) is 0 Å². The molecule has 1 atom stereocenters. The summed E-state index contributed by atoms with van der Waals surface area (Å²) in [6, 6.07) is 11.0. The van der Waals surface area contributed by atoms with Crippen molar-refractivity contribution in [3.8, 4) is 0 Å². The monoisotopic (exact) mass is 243 g/mol. The lowest BCUT2D eigenvalue weighted by Crippen LogP contribution is -2.22. The third kappa shape index (κ3) is 2.79. The summed E-state index contributed by atoms with van der Waals surface area (Å²) in [5.41, 5.74) is 3.73. The smallest absolute Gasteiger partial charge is 0.0839 e. The number of aromatic nitrogens is 2. The average Bonchev–Trinajstić information content (AvgIpc) is 2.82. The zero-order chi connectivity index (χ0) is 13.0. The second kappa shape index (κ2) is 5.83. The standard InChI is InChI=1S/C15H21N3/c1-4-12-7-6-8-13(11-12)15(16-5-2)14-9-10-18(3)17-14/h6-11,15-16H,4-5H2,1-3H3. The van der Waals surface area contributed by atoms with Gasteiger partial charge in [-0.05, 0) is 30.2 Å². The maximum atomic E-state index is 4.52. The van der Waals surface area contributed by atoms with Crippen LogP contribution in [0.25, 0.3) is 0 Å². The van der Waals surface area contributed by atoms with Crippen LogP contribution in [0.15, 0.2) is 36.5 Å². The average molecular weight is 243 g/mol. The Bertz CT molecular complexity index is 502. The van der Waals surface area contributed by atoms with Crippen molar-refractivity contribution < 1.29 is 0 Å². The highest BCUT2D eigenvalue weighted by Gasteiger charge is 2.15. The van der Waals surface area contributed by atoms with Crippen molar-refractivity contribution in [2.75, 3.05) is 6.54 Å². The van der Waals surface area contributed by atoms with Gasteiger partial charge in [0.2, 0.25) is 0 Å². The zero-order valence-electron chi connectivity index (χ0n) is 11.4. The molecule has 3 heteroatoms. The SMILES string of the molecule is CCNC(c1cccc(CC)c1)c1ccn(C)n1. The van der Waals surface area contributed by atoms with Crippen LogP contribution in [0.5, 0.6) is 0 Å². The van der Waals surface area contributed by atoms with Gasteiger partial charge in [0.05, 0.1) is 11.7 Å². The fourth-order valence-corrected chi connectivity index (χ4v) is 2.18. The van der Waals surface area contributed by atoms with Crippen LogP contribution in [-0.2, 0) is 13.5 Å². The summed E-state index contributed by atoms with van der Waals surface area (Å²) in [6.45, 7) is 5.24. The number of hydrogen-bond acceptors (Lipinski definition) is 2. The third-order valence-electron chi connectivity index (χ3n) is 3.13. The van der Waals surface area contributed by atoms with E-state index in [0.717, 1.165) is 18.7 Å². The first-order chi connectivity index (χ1) is 8.74. The van der Waals surface area contributed by atoms with E-state index in [1.807, 2.05) is 17.9 Å². The predicted octanol–water partition coefficient (Wildman–Crippen LogP) is 2.68. The molecule has 0 saturated carbocycles. The first kappa shape index (κ1) is 12.8. The first-order valence-electron chi connectivity index (χ1n) is 6.56. The number of nitrogens with zero attached hydrogens (tertiary/aromatic N) is 2. The van der Waals surface area contributed by atoms with Crippen LogP contribution in [0.1, 0.15) is 36.7 Å². The van der Waals surface area contributed by atoms with E-state index in [9.17, 15) is 0 Å². The van der Waals surface area contributed by atoms with Gasteiger partial charge in [-0.25, -0.2) is 0 Å². The van der Waals surface area contributed by atoms with E-state index in [1.165, 1.54) is 11.1 Å². The van der Waals surface area contributed by atoms with Crippen molar-refractivity contribution in [1.29, 1.82) is 0 Å². The van der Waals surface area contributed by atoms with Crippen LogP contribution in [0.4, 0.5) is 0 Å². The Morgan fingerprint density at radius 1 is 1.28 bits per heavy atom. The number of aryl methyl sites for hydroxylation is 2. The summed E-state index contributed by atoms with van der Waals surface area (Å²) in [4.78, 5) is 0. The van der Waals surface area contributed by atoms with Gasteiger partial charge in [0, 0.05) is 13.2 Å². The Labute approximate surface area is 109 Å².